The van der Waals surface area contributed by atoms with Crippen molar-refractivity contribution in [2.45, 2.75) is 79.6 Å². The molecule has 1 amide bonds. The highest BCUT2D eigenvalue weighted by atomic mass is 32.1. The number of thiol groups is 1. The second-order valence-corrected chi connectivity index (χ2v) is 12.2. The summed E-state index contributed by atoms with van der Waals surface area (Å²) in [5.74, 6) is 4.62. The van der Waals surface area contributed by atoms with Gasteiger partial charge in [0.15, 0.2) is 0 Å². The number of hydrogen-bond donors (Lipinski definition) is 1. The third-order valence-corrected chi connectivity index (χ3v) is 9.90. The molecular formula is C31H43N5O3S. The van der Waals surface area contributed by atoms with Crippen LogP contribution in [-0.2, 0) is 13.8 Å². The summed E-state index contributed by atoms with van der Waals surface area (Å²) >= 11 is 3.82. The predicted octanol–water partition coefficient (Wildman–Crippen LogP) is 6.51. The number of rotatable bonds is 10. The largest absolute Gasteiger partial charge is 0.435 e. The summed E-state index contributed by atoms with van der Waals surface area (Å²) in [6, 6.07) is 2.66. The molecule has 216 valence electrons. The van der Waals surface area contributed by atoms with Crippen molar-refractivity contribution in [3.63, 3.8) is 0 Å². The minimum Gasteiger partial charge on any atom is -0.435 e. The molecule has 8 nitrogen and oxygen atoms in total. The maximum absolute atomic E-state index is 13.6. The Balaban J connectivity index is 1.32. The van der Waals surface area contributed by atoms with E-state index in [1.165, 1.54) is 6.26 Å². The Bertz CT molecular complexity index is 1190. The van der Waals surface area contributed by atoms with E-state index >= 15 is 0 Å². The summed E-state index contributed by atoms with van der Waals surface area (Å²) in [4.78, 5) is 31.7. The number of carbonyl (C=O) groups is 2. The van der Waals surface area contributed by atoms with Crippen molar-refractivity contribution in [3.8, 4) is 12.0 Å². The number of carbonyl (C=O) groups excluding carboxylic acids is 2. The van der Waals surface area contributed by atoms with E-state index in [4.69, 9.17) is 9.18 Å². The lowest BCUT2D eigenvalue weighted by atomic mass is 9.65. The molecule has 1 saturated carbocycles. The highest BCUT2D eigenvalue weighted by Gasteiger charge is 2.50. The molecule has 0 bridgehead atoms. The molecule has 1 aliphatic carbocycles. The maximum atomic E-state index is 13.6. The third kappa shape index (κ3) is 6.38. The van der Waals surface area contributed by atoms with Crippen LogP contribution in [0.2, 0.25) is 0 Å². The summed E-state index contributed by atoms with van der Waals surface area (Å²) in [6.45, 7) is 12.0. The second-order valence-electron chi connectivity index (χ2n) is 12.0. The highest BCUT2D eigenvalue weighted by Crippen LogP contribution is 2.50. The number of hydrogen-bond acceptors (Lipinski definition) is 8. The normalized spacial score (nSPS) is 29.1. The Kier molecular flexibility index (Phi) is 9.94. The Morgan fingerprint density at radius 2 is 2.00 bits per heavy atom. The van der Waals surface area contributed by atoms with Crippen LogP contribution in [0.4, 0.5) is 0 Å². The van der Waals surface area contributed by atoms with Crippen molar-refractivity contribution in [2.75, 3.05) is 13.1 Å². The fourth-order valence-electron chi connectivity index (χ4n) is 6.64. The maximum Gasteiger partial charge on any atom is 0.233 e. The van der Waals surface area contributed by atoms with Gasteiger partial charge < -0.3 is 13.9 Å². The van der Waals surface area contributed by atoms with E-state index in [2.05, 4.69) is 75.1 Å². The standard InChI is InChI=1S/C31H43N5O3S/c1-21(7-8-27-9-10-28(24(4)25(5)33-27)36-17-6-16-32-34-36)23(3)26-11-13-31(14-12-26)15-18-35(30(31)38)29(20-39-40)22(2)19-37/h9-10,19-24,26,40H,7-8,11-15,17-18H2,1-5H3/b29-20+. The molecule has 0 aromatic rings. The zero-order chi connectivity index (χ0) is 28.9. The quantitative estimate of drug-likeness (QED) is 0.108. The van der Waals surface area contributed by atoms with Gasteiger partial charge in [-0.15, -0.1) is 0 Å². The van der Waals surface area contributed by atoms with Gasteiger partial charge in [-0.25, -0.2) is 5.01 Å². The zero-order valence-corrected chi connectivity index (χ0v) is 25.4. The zero-order valence-electron chi connectivity index (χ0n) is 24.5. The van der Waals surface area contributed by atoms with E-state index in [9.17, 15) is 9.59 Å². The van der Waals surface area contributed by atoms with Crippen LogP contribution in [0.15, 0.2) is 50.8 Å². The van der Waals surface area contributed by atoms with Gasteiger partial charge in [0.05, 0.1) is 23.1 Å². The molecule has 0 radical (unpaired) electrons. The number of likely N-dealkylation sites (tertiary alicyclic amines) is 1. The average Bonchev–Trinajstić information content (AvgIpc) is 3.20. The summed E-state index contributed by atoms with van der Waals surface area (Å²) in [5.41, 5.74) is 3.56. The monoisotopic (exact) mass is 565 g/mol. The van der Waals surface area contributed by atoms with Crippen LogP contribution in [0, 0.1) is 47.0 Å². The average molecular weight is 566 g/mol. The summed E-state index contributed by atoms with van der Waals surface area (Å²) in [7, 11) is 0. The van der Waals surface area contributed by atoms with E-state index in [-0.39, 0.29) is 17.2 Å². The smallest absolute Gasteiger partial charge is 0.233 e. The first-order valence-corrected chi connectivity index (χ1v) is 15.0. The van der Waals surface area contributed by atoms with Crippen LogP contribution in [-0.4, -0.2) is 40.9 Å². The SMILES string of the molecule is CC1=NC(CCC(C)C(C)C2CCC3(CC2)CCN(/C(=C/OS)C(C)C=O)C3=O)=CC=C(N2CC#CN=N2)C1C. The highest BCUT2D eigenvalue weighted by molar-refractivity contribution is 7.75. The molecule has 40 heavy (non-hydrogen) atoms. The summed E-state index contributed by atoms with van der Waals surface area (Å²) in [5, 5.41) is 9.93. The molecular weight excluding hydrogens is 522 g/mol. The van der Waals surface area contributed by atoms with Crippen LogP contribution in [0.25, 0.3) is 0 Å². The van der Waals surface area contributed by atoms with Gasteiger partial charge in [-0.3, -0.25) is 9.79 Å². The van der Waals surface area contributed by atoms with Crippen LogP contribution < -0.4 is 0 Å². The van der Waals surface area contributed by atoms with Gasteiger partial charge in [-0.2, -0.15) is 0 Å². The summed E-state index contributed by atoms with van der Waals surface area (Å²) < 4.78 is 4.91. The van der Waals surface area contributed by atoms with Gasteiger partial charge in [-0.05, 0) is 81.8 Å². The van der Waals surface area contributed by atoms with Crippen LogP contribution in [0.3, 0.4) is 0 Å². The first kappa shape index (κ1) is 30.1. The molecule has 4 aliphatic rings. The Hall–Kier alpha value is -2.86. The summed E-state index contributed by atoms with van der Waals surface area (Å²) in [6.07, 6.45) is 13.3. The van der Waals surface area contributed by atoms with Crippen molar-refractivity contribution in [1.82, 2.24) is 9.91 Å². The van der Waals surface area contributed by atoms with E-state index in [0.29, 0.717) is 36.5 Å². The van der Waals surface area contributed by atoms with Crippen molar-refractivity contribution in [2.24, 2.45) is 50.3 Å². The molecule has 0 aromatic heterocycles. The molecule has 9 heteroatoms. The Morgan fingerprint density at radius 3 is 2.65 bits per heavy atom. The number of amides is 1. The van der Waals surface area contributed by atoms with E-state index in [1.54, 1.807) is 11.8 Å². The predicted molar refractivity (Wildman–Crippen MR) is 159 cm³/mol. The minimum atomic E-state index is -0.407. The van der Waals surface area contributed by atoms with Crippen LogP contribution in [0.1, 0.15) is 79.6 Å². The van der Waals surface area contributed by atoms with Gasteiger partial charge in [0.25, 0.3) is 0 Å². The van der Waals surface area contributed by atoms with E-state index < -0.39 is 5.92 Å². The molecule has 1 saturated heterocycles. The third-order valence-electron chi connectivity index (χ3n) is 9.80. The first-order valence-electron chi connectivity index (χ1n) is 14.6. The molecule has 4 atom stereocenters. The molecule has 2 fully saturated rings. The Morgan fingerprint density at radius 1 is 1.25 bits per heavy atom. The first-order chi connectivity index (χ1) is 19.2. The fourth-order valence-corrected chi connectivity index (χ4v) is 6.75. The molecule has 0 aromatic carbocycles. The topological polar surface area (TPSA) is 86.9 Å². The van der Waals surface area contributed by atoms with Crippen LogP contribution in [0.5, 0.6) is 0 Å². The molecule has 4 rings (SSSR count). The van der Waals surface area contributed by atoms with E-state index in [0.717, 1.165) is 68.3 Å². The lowest BCUT2D eigenvalue weighted by Crippen LogP contribution is -2.39. The van der Waals surface area contributed by atoms with Gasteiger partial charge in [-0.1, -0.05) is 44.0 Å². The van der Waals surface area contributed by atoms with Crippen LogP contribution >= 0.6 is 12.9 Å². The minimum absolute atomic E-state index is 0.144. The van der Waals surface area contributed by atoms with Crippen molar-refractivity contribution in [1.29, 1.82) is 0 Å². The van der Waals surface area contributed by atoms with Gasteiger partial charge >= 0.3 is 0 Å². The van der Waals surface area contributed by atoms with E-state index in [1.807, 2.05) is 5.01 Å². The van der Waals surface area contributed by atoms with Gasteiger partial charge in [0, 0.05) is 42.5 Å². The lowest BCUT2D eigenvalue weighted by Gasteiger charge is -2.39. The number of aldehydes is 1. The number of allylic oxidation sites excluding steroid dienone is 5. The molecule has 3 heterocycles. The van der Waals surface area contributed by atoms with Crippen molar-refractivity contribution in [3.05, 3.63) is 35.5 Å². The van der Waals surface area contributed by atoms with Crippen molar-refractivity contribution >= 4 is 30.8 Å². The number of aliphatic imine (C=N–C) groups is 1. The molecule has 4 unspecified atom stereocenters. The number of nitrogens with zero attached hydrogens (tertiary/aromatic N) is 5. The molecule has 3 aliphatic heterocycles. The Labute approximate surface area is 244 Å². The lowest BCUT2D eigenvalue weighted by molar-refractivity contribution is -0.137. The molecule has 0 N–H and O–H groups in total. The van der Waals surface area contributed by atoms with Gasteiger partial charge in [0.1, 0.15) is 19.1 Å². The van der Waals surface area contributed by atoms with Crippen molar-refractivity contribution < 1.29 is 13.8 Å². The fraction of sp³-hybridized carbons (Fsp3) is 0.645. The molecule has 1 spiro atoms. The van der Waals surface area contributed by atoms with Gasteiger partial charge in [0.2, 0.25) is 5.91 Å². The second kappa shape index (κ2) is 13.2.